The molecule has 0 saturated carbocycles. The van der Waals surface area contributed by atoms with Gasteiger partial charge in [-0.05, 0) is 149 Å². The Morgan fingerprint density at radius 2 is 0.746 bits per heavy atom. The van der Waals surface area contributed by atoms with Crippen molar-refractivity contribution in [3.8, 4) is 44.5 Å². The molecule has 0 atom stereocenters. The van der Waals surface area contributed by atoms with Crippen molar-refractivity contribution in [3.63, 3.8) is 0 Å². The third kappa shape index (κ3) is 5.28. The zero-order valence-corrected chi connectivity index (χ0v) is 37.0. The van der Waals surface area contributed by atoms with Crippen molar-refractivity contribution in [1.82, 2.24) is 0 Å². The average molecular weight is 807 g/mol. The molecule has 0 N–H and O–H groups in total. The molecular formula is C63H50. The molecule has 0 heteroatoms. The van der Waals surface area contributed by atoms with Crippen LogP contribution in [-0.2, 0) is 5.41 Å². The third-order valence-corrected chi connectivity index (χ3v) is 14.7. The number of benzene rings is 11. The van der Waals surface area contributed by atoms with Crippen molar-refractivity contribution >= 4 is 64.6 Å². The van der Waals surface area contributed by atoms with Crippen LogP contribution in [0.15, 0.2) is 194 Å². The first-order chi connectivity index (χ1) is 30.5. The quantitative estimate of drug-likeness (QED) is 0.123. The van der Waals surface area contributed by atoms with E-state index in [0.29, 0.717) is 0 Å². The van der Waals surface area contributed by atoms with E-state index in [1.165, 1.54) is 120 Å². The minimum absolute atomic E-state index is 0.0843. The third-order valence-electron chi connectivity index (χ3n) is 14.7. The lowest BCUT2D eigenvalue weighted by Crippen LogP contribution is -2.50. The molecule has 0 aromatic heterocycles. The Morgan fingerprint density at radius 1 is 0.286 bits per heavy atom. The highest BCUT2D eigenvalue weighted by molar-refractivity contribution is 6.24. The number of rotatable bonds is 3. The molecule has 63 heavy (non-hydrogen) atoms. The summed E-state index contributed by atoms with van der Waals surface area (Å²) in [5.41, 5.74) is 12.9. The summed E-state index contributed by atoms with van der Waals surface area (Å²) in [6.07, 6.45) is 0. The van der Waals surface area contributed by atoms with Gasteiger partial charge in [0, 0.05) is 5.41 Å². The van der Waals surface area contributed by atoms with Crippen LogP contribution in [0.25, 0.3) is 109 Å². The maximum atomic E-state index is 2.57. The first-order valence-electron chi connectivity index (χ1n) is 22.6. The highest BCUT2D eigenvalue weighted by atomic mass is 14.6. The van der Waals surface area contributed by atoms with E-state index in [1.54, 1.807) is 0 Å². The molecule has 0 fully saturated rings. The lowest BCUT2D eigenvalue weighted by molar-refractivity contribution is 0.0965. The summed E-state index contributed by atoms with van der Waals surface area (Å²) in [5.74, 6) is 0. The Bertz CT molecular complexity index is 3600. The van der Waals surface area contributed by atoms with Gasteiger partial charge in [0.2, 0.25) is 0 Å². The number of fused-ring (bicyclic) bond motifs is 12. The van der Waals surface area contributed by atoms with E-state index in [4.69, 9.17) is 0 Å². The van der Waals surface area contributed by atoms with Crippen LogP contribution in [0.2, 0.25) is 0 Å². The molecule has 0 saturated heterocycles. The zero-order chi connectivity index (χ0) is 42.8. The molecule has 302 valence electrons. The minimum atomic E-state index is -0.255. The molecular weight excluding hydrogens is 757 g/mol. The van der Waals surface area contributed by atoms with Crippen LogP contribution in [0.1, 0.15) is 52.7 Å². The van der Waals surface area contributed by atoms with Gasteiger partial charge in [0.1, 0.15) is 0 Å². The SMILES string of the molecule is CC(C)(C)C1(C(C)(C)C)c2cc3cc(-c4ccc(-c5c6ccccc6c(-c6cccc7ccccc67)c6ccccc56)cc4)ccc3cc2-c2c1c1ccccc1c1ccccc21. The predicted molar refractivity (Wildman–Crippen MR) is 273 cm³/mol. The summed E-state index contributed by atoms with van der Waals surface area (Å²) in [6, 6.07) is 73.2. The summed E-state index contributed by atoms with van der Waals surface area (Å²) in [7, 11) is 0. The predicted octanol–water partition coefficient (Wildman–Crippen LogP) is 18.0. The topological polar surface area (TPSA) is 0 Å². The molecule has 12 rings (SSSR count). The minimum Gasteiger partial charge on any atom is -0.0616 e. The van der Waals surface area contributed by atoms with Gasteiger partial charge in [-0.2, -0.15) is 0 Å². The van der Waals surface area contributed by atoms with Gasteiger partial charge in [-0.15, -0.1) is 0 Å². The molecule has 0 nitrogen and oxygen atoms in total. The van der Waals surface area contributed by atoms with Crippen molar-refractivity contribution in [2.24, 2.45) is 10.8 Å². The molecule has 0 radical (unpaired) electrons. The van der Waals surface area contributed by atoms with E-state index in [1.807, 2.05) is 0 Å². The summed E-state index contributed by atoms with van der Waals surface area (Å²) in [4.78, 5) is 0. The first-order valence-corrected chi connectivity index (χ1v) is 22.6. The van der Waals surface area contributed by atoms with Crippen molar-refractivity contribution in [2.75, 3.05) is 0 Å². The van der Waals surface area contributed by atoms with Gasteiger partial charge >= 0.3 is 0 Å². The summed E-state index contributed by atoms with van der Waals surface area (Å²) in [6.45, 7) is 14.8. The zero-order valence-electron chi connectivity index (χ0n) is 37.0. The second-order valence-corrected chi connectivity index (χ2v) is 20.0. The molecule has 1 aliphatic carbocycles. The number of hydrogen-bond acceptors (Lipinski definition) is 0. The van der Waals surface area contributed by atoms with Crippen LogP contribution >= 0.6 is 0 Å². The van der Waals surface area contributed by atoms with Crippen molar-refractivity contribution in [1.29, 1.82) is 0 Å². The fraction of sp³-hybridized carbons (Fsp3) is 0.143. The van der Waals surface area contributed by atoms with Crippen LogP contribution < -0.4 is 0 Å². The van der Waals surface area contributed by atoms with Gasteiger partial charge in [-0.25, -0.2) is 0 Å². The van der Waals surface area contributed by atoms with E-state index in [9.17, 15) is 0 Å². The Labute approximate surface area is 370 Å². The maximum Gasteiger partial charge on any atom is 0.0318 e. The molecule has 1 aliphatic rings. The largest absolute Gasteiger partial charge is 0.0616 e. The lowest BCUT2D eigenvalue weighted by Gasteiger charge is -2.53. The van der Waals surface area contributed by atoms with Gasteiger partial charge in [-0.1, -0.05) is 217 Å². The first kappa shape index (κ1) is 37.7. The Balaban J connectivity index is 1.03. The molecule has 0 heterocycles. The molecule has 0 aliphatic heterocycles. The van der Waals surface area contributed by atoms with E-state index < -0.39 is 0 Å². The van der Waals surface area contributed by atoms with Crippen LogP contribution in [-0.4, -0.2) is 0 Å². The molecule has 0 spiro atoms. The van der Waals surface area contributed by atoms with Gasteiger partial charge in [0.05, 0.1) is 0 Å². The van der Waals surface area contributed by atoms with E-state index >= 15 is 0 Å². The maximum absolute atomic E-state index is 2.57. The van der Waals surface area contributed by atoms with E-state index in [-0.39, 0.29) is 16.2 Å². The smallest absolute Gasteiger partial charge is 0.0318 e. The van der Waals surface area contributed by atoms with Crippen molar-refractivity contribution in [2.45, 2.75) is 47.0 Å². The second kappa shape index (κ2) is 13.5. The van der Waals surface area contributed by atoms with Gasteiger partial charge < -0.3 is 0 Å². The molecule has 0 bridgehead atoms. The molecule has 0 amide bonds. The second-order valence-electron chi connectivity index (χ2n) is 20.0. The Morgan fingerprint density at radius 3 is 1.35 bits per heavy atom. The summed E-state index contributed by atoms with van der Waals surface area (Å²) in [5, 5.41) is 15.6. The molecule has 0 unspecified atom stereocenters. The highest BCUT2D eigenvalue weighted by Crippen LogP contribution is 2.67. The fourth-order valence-corrected chi connectivity index (χ4v) is 12.6. The Kier molecular flexibility index (Phi) is 8.08. The van der Waals surface area contributed by atoms with E-state index in [2.05, 4.69) is 236 Å². The molecule has 11 aromatic rings. The molecule has 11 aromatic carbocycles. The van der Waals surface area contributed by atoms with E-state index in [0.717, 1.165) is 0 Å². The lowest BCUT2D eigenvalue weighted by atomic mass is 9.49. The fourth-order valence-electron chi connectivity index (χ4n) is 12.6. The van der Waals surface area contributed by atoms with Gasteiger partial charge in [0.25, 0.3) is 0 Å². The average Bonchev–Trinajstić information content (AvgIpc) is 3.62. The van der Waals surface area contributed by atoms with Crippen LogP contribution in [0.3, 0.4) is 0 Å². The summed E-state index contributed by atoms with van der Waals surface area (Å²) >= 11 is 0. The monoisotopic (exact) mass is 806 g/mol. The van der Waals surface area contributed by atoms with Gasteiger partial charge in [-0.3, -0.25) is 0 Å². The van der Waals surface area contributed by atoms with Gasteiger partial charge in [0.15, 0.2) is 0 Å². The number of hydrogen-bond donors (Lipinski definition) is 0. The van der Waals surface area contributed by atoms with Crippen molar-refractivity contribution in [3.05, 3.63) is 205 Å². The Hall–Kier alpha value is -7.02. The normalized spacial score (nSPS) is 13.7. The standard InChI is InChI=1S/C63H50/c1-61(2,3)63(62(4,5)6)56-38-44-36-42(34-35-43(44)37-55(56)59-49-23-11-9-21-46(49)47-22-10-16-28-54(47)60(59)63)39-30-32-41(33-31-39)57-50-24-12-14-26-52(50)58(53-27-15-13-25-51(53)57)48-29-17-19-40-18-7-8-20-45(40)48/h7-38H,1-6H3. The van der Waals surface area contributed by atoms with Crippen LogP contribution in [0.4, 0.5) is 0 Å². The highest BCUT2D eigenvalue weighted by Gasteiger charge is 2.58. The van der Waals surface area contributed by atoms with Crippen LogP contribution in [0, 0.1) is 10.8 Å². The van der Waals surface area contributed by atoms with Crippen molar-refractivity contribution < 1.29 is 0 Å². The van der Waals surface area contributed by atoms with Crippen LogP contribution in [0.5, 0.6) is 0 Å². The summed E-state index contributed by atoms with van der Waals surface area (Å²) < 4.78 is 0.